The molecule has 0 amide bonds. The lowest BCUT2D eigenvalue weighted by Crippen LogP contribution is -1.56. The second-order valence-corrected chi connectivity index (χ2v) is 0.539. The smallest absolute Gasteiger partial charge is 0.111 e. The summed E-state index contributed by atoms with van der Waals surface area (Å²) < 4.78 is 10.7. The van der Waals surface area contributed by atoms with E-state index in [1.807, 2.05) is 0 Å². The van der Waals surface area contributed by atoms with Crippen molar-refractivity contribution in [2.24, 2.45) is 0 Å². The molecule has 0 aromatic heterocycles. The summed E-state index contributed by atoms with van der Waals surface area (Å²) in [6.07, 6.45) is 1.69. The zero-order chi connectivity index (χ0) is 4.12. The summed E-state index contributed by atoms with van der Waals surface area (Å²) >= 11 is 0. The fourth-order valence-corrected chi connectivity index (χ4v) is 0.0398. The van der Waals surface area contributed by atoms with E-state index in [-0.39, 0.29) is 0 Å². The topological polar surface area (TPSA) is 20.2 Å². The van der Waals surface area contributed by atoms with Gasteiger partial charge in [0.2, 0.25) is 0 Å². The lowest BCUT2D eigenvalue weighted by Gasteiger charge is -1.63. The monoisotopic (exact) mass is 76.0 g/mol. The van der Waals surface area contributed by atoms with Crippen molar-refractivity contribution in [3.63, 3.8) is 0 Å². The highest BCUT2D eigenvalue weighted by Gasteiger charge is 1.57. The maximum atomic E-state index is 10.7. The van der Waals surface area contributed by atoms with E-state index in [9.17, 15) is 4.39 Å². The molecule has 0 rings (SSSR count). The van der Waals surface area contributed by atoms with Gasteiger partial charge >= 0.3 is 0 Å². The van der Waals surface area contributed by atoms with Gasteiger partial charge in [-0.25, -0.2) is 4.39 Å². The van der Waals surface area contributed by atoms with Crippen LogP contribution >= 0.6 is 0 Å². The zero-order valence-corrected chi connectivity index (χ0v) is 2.69. The number of aliphatic hydroxyl groups excluding tert-OH is 1. The second-order valence-electron chi connectivity index (χ2n) is 0.539. The van der Waals surface area contributed by atoms with E-state index in [0.717, 1.165) is 6.08 Å². The second kappa shape index (κ2) is 3.47. The lowest BCUT2D eigenvalue weighted by molar-refractivity contribution is 0.462. The summed E-state index contributed by atoms with van der Waals surface area (Å²) in [4.78, 5) is 0. The van der Waals surface area contributed by atoms with Crippen LogP contribution in [0.2, 0.25) is 0 Å². The first-order valence-corrected chi connectivity index (χ1v) is 1.27. The molecule has 0 fully saturated rings. The third kappa shape index (κ3) is 3.47. The molecule has 0 atom stereocenters. The maximum Gasteiger partial charge on any atom is 0.111 e. The van der Waals surface area contributed by atoms with Crippen LogP contribution in [-0.4, -0.2) is 11.8 Å². The van der Waals surface area contributed by atoms with Crippen molar-refractivity contribution in [1.29, 1.82) is 0 Å². The quantitative estimate of drug-likeness (QED) is 0.462. The van der Waals surface area contributed by atoms with Crippen molar-refractivity contribution in [1.82, 2.24) is 0 Å². The number of hydrogen-bond acceptors (Lipinski definition) is 1. The molecule has 0 aliphatic carbocycles. The summed E-state index contributed by atoms with van der Waals surface area (Å²) in [5, 5.41) is 7.65. The predicted octanol–water partition coefficient (Wildman–Crippen LogP) is 1.03. The molecule has 0 saturated carbocycles. The molecule has 30 valence electrons. The molecular formula is C3H5FO. The summed E-state index contributed by atoms with van der Waals surface area (Å²) in [5.74, 6) is 0. The zero-order valence-electron chi connectivity index (χ0n) is 2.69. The first kappa shape index (κ1) is 4.47. The van der Waals surface area contributed by atoms with Gasteiger partial charge in [-0.1, -0.05) is 0 Å². The average Bonchev–Trinajstić information content (AvgIpc) is 1.41. The van der Waals surface area contributed by atoms with Crippen LogP contribution in [0.3, 0.4) is 0 Å². The van der Waals surface area contributed by atoms with E-state index in [4.69, 9.17) is 5.11 Å². The Morgan fingerprint density at radius 2 is 2.40 bits per heavy atom. The van der Waals surface area contributed by atoms with Crippen LogP contribution in [0, 0.1) is 0 Å². The van der Waals surface area contributed by atoms with Gasteiger partial charge in [0.1, 0.15) is 6.67 Å². The highest BCUT2D eigenvalue weighted by atomic mass is 19.1. The Labute approximate surface area is 29.7 Å². The molecular weight excluding hydrogens is 71.0 g/mol. The van der Waals surface area contributed by atoms with Crippen molar-refractivity contribution in [2.45, 2.75) is 0 Å². The van der Waals surface area contributed by atoms with Crippen molar-refractivity contribution < 1.29 is 9.50 Å². The van der Waals surface area contributed by atoms with Crippen molar-refractivity contribution >= 4 is 0 Å². The normalized spacial score (nSPS) is 9.80. The lowest BCUT2D eigenvalue weighted by atomic mass is 10.7. The van der Waals surface area contributed by atoms with Crippen molar-refractivity contribution in [2.75, 3.05) is 6.67 Å². The third-order valence-electron chi connectivity index (χ3n) is 0.194. The molecule has 1 N–H and O–H groups in total. The van der Waals surface area contributed by atoms with E-state index in [1.165, 1.54) is 0 Å². The third-order valence-corrected chi connectivity index (χ3v) is 0.194. The van der Waals surface area contributed by atoms with E-state index >= 15 is 0 Å². The highest BCUT2D eigenvalue weighted by molar-refractivity contribution is 4.68. The summed E-state index contributed by atoms with van der Waals surface area (Å²) in [5.41, 5.74) is 0. The molecule has 0 heterocycles. The molecule has 5 heavy (non-hydrogen) atoms. The van der Waals surface area contributed by atoms with Gasteiger partial charge in [0.25, 0.3) is 0 Å². The average molecular weight is 76.1 g/mol. The molecule has 0 radical (unpaired) electrons. The fourth-order valence-electron chi connectivity index (χ4n) is 0.0398. The molecule has 0 spiro atoms. The SMILES string of the molecule is O/C=C/CF. The molecule has 0 aromatic carbocycles. The Hall–Kier alpha value is -0.530. The van der Waals surface area contributed by atoms with E-state index in [2.05, 4.69) is 0 Å². The molecule has 0 aromatic rings. The minimum atomic E-state index is -0.587. The van der Waals surface area contributed by atoms with Crippen molar-refractivity contribution in [3.8, 4) is 0 Å². The van der Waals surface area contributed by atoms with Gasteiger partial charge < -0.3 is 5.11 Å². The van der Waals surface area contributed by atoms with Crippen molar-refractivity contribution in [3.05, 3.63) is 12.3 Å². The van der Waals surface area contributed by atoms with Gasteiger partial charge in [-0.05, 0) is 6.08 Å². The molecule has 0 aliphatic rings. The number of halogens is 1. The summed E-state index contributed by atoms with van der Waals surface area (Å²) in [6, 6.07) is 0. The van der Waals surface area contributed by atoms with Crippen LogP contribution in [0.25, 0.3) is 0 Å². The van der Waals surface area contributed by atoms with Crippen LogP contribution in [0.15, 0.2) is 12.3 Å². The minimum Gasteiger partial charge on any atom is -0.516 e. The van der Waals surface area contributed by atoms with Crippen LogP contribution in [0.5, 0.6) is 0 Å². The molecule has 0 bridgehead atoms. The Morgan fingerprint density at radius 3 is 2.40 bits per heavy atom. The first-order chi connectivity index (χ1) is 2.41. The molecule has 0 unspecified atom stereocenters. The highest BCUT2D eigenvalue weighted by Crippen LogP contribution is 1.64. The first-order valence-electron chi connectivity index (χ1n) is 1.27. The fraction of sp³-hybridized carbons (Fsp3) is 0.333. The molecule has 0 aliphatic heterocycles. The van der Waals surface area contributed by atoms with Gasteiger partial charge in [-0.3, -0.25) is 0 Å². The number of allylic oxidation sites excluding steroid dienone is 1. The molecule has 0 saturated heterocycles. The largest absolute Gasteiger partial charge is 0.516 e. The van der Waals surface area contributed by atoms with Gasteiger partial charge in [-0.2, -0.15) is 0 Å². The number of aliphatic hydroxyl groups is 1. The Bertz CT molecular complexity index is 33.9. The van der Waals surface area contributed by atoms with E-state index in [1.54, 1.807) is 0 Å². The van der Waals surface area contributed by atoms with Gasteiger partial charge in [0.05, 0.1) is 6.26 Å². The summed E-state index contributed by atoms with van der Waals surface area (Å²) in [6.45, 7) is -0.587. The van der Waals surface area contributed by atoms with Crippen LogP contribution in [0.1, 0.15) is 0 Å². The Kier molecular flexibility index (Phi) is 3.10. The maximum absolute atomic E-state index is 10.7. The van der Waals surface area contributed by atoms with Gasteiger partial charge in [0.15, 0.2) is 0 Å². The summed E-state index contributed by atoms with van der Waals surface area (Å²) in [7, 11) is 0. The number of rotatable bonds is 1. The van der Waals surface area contributed by atoms with Crippen LogP contribution in [0.4, 0.5) is 4.39 Å². The predicted molar refractivity (Wildman–Crippen MR) is 17.7 cm³/mol. The minimum absolute atomic E-state index is 0.587. The number of alkyl halides is 1. The number of hydrogen-bond donors (Lipinski definition) is 1. The molecule has 2 heteroatoms. The van der Waals surface area contributed by atoms with E-state index < -0.39 is 6.67 Å². The molecule has 1 nitrogen and oxygen atoms in total. The van der Waals surface area contributed by atoms with E-state index in [0.29, 0.717) is 6.26 Å². The van der Waals surface area contributed by atoms with Gasteiger partial charge in [-0.15, -0.1) is 0 Å². The van der Waals surface area contributed by atoms with Crippen LogP contribution in [-0.2, 0) is 0 Å². The van der Waals surface area contributed by atoms with Crippen LogP contribution < -0.4 is 0 Å². The van der Waals surface area contributed by atoms with Gasteiger partial charge in [0, 0.05) is 0 Å². The Balaban J connectivity index is 2.62. The standard InChI is InChI=1S/C3H5FO/c4-2-1-3-5/h1,3,5H,2H2/b3-1+. The Morgan fingerprint density at radius 1 is 1.80 bits per heavy atom.